The summed E-state index contributed by atoms with van der Waals surface area (Å²) in [4.78, 5) is 14.9. The molecule has 5 heteroatoms. The van der Waals surface area contributed by atoms with Crippen molar-refractivity contribution < 1.29 is 9.32 Å². The van der Waals surface area contributed by atoms with Crippen LogP contribution in [-0.2, 0) is 0 Å². The molecule has 2 heterocycles. The first-order valence-electron chi connectivity index (χ1n) is 9.15. The molecule has 0 bridgehead atoms. The zero-order valence-electron chi connectivity index (χ0n) is 14.4. The number of hydrogen-bond donors (Lipinski definition) is 1. The van der Waals surface area contributed by atoms with Gasteiger partial charge in [0, 0.05) is 30.6 Å². The molecule has 0 unspecified atom stereocenters. The lowest BCUT2D eigenvalue weighted by molar-refractivity contribution is 0.0911. The molecule has 128 valence electrons. The molecule has 1 aromatic heterocycles. The fourth-order valence-electron chi connectivity index (χ4n) is 3.94. The number of carbonyl (C=O) groups excluding carboxylic acids is 1. The highest BCUT2D eigenvalue weighted by Crippen LogP contribution is 2.28. The van der Waals surface area contributed by atoms with Gasteiger partial charge in [-0.15, -0.1) is 0 Å². The summed E-state index contributed by atoms with van der Waals surface area (Å²) in [5, 5.41) is 6.95. The van der Waals surface area contributed by atoms with E-state index in [9.17, 15) is 4.79 Å². The van der Waals surface area contributed by atoms with Crippen LogP contribution in [0.3, 0.4) is 0 Å². The van der Waals surface area contributed by atoms with Crippen molar-refractivity contribution in [3.05, 3.63) is 17.5 Å². The lowest BCUT2D eigenvalue weighted by atomic mass is 9.94. The Morgan fingerprint density at radius 1 is 1.30 bits per heavy atom. The highest BCUT2D eigenvalue weighted by Gasteiger charge is 2.31. The molecule has 5 nitrogen and oxygen atoms in total. The molecule has 23 heavy (non-hydrogen) atoms. The Labute approximate surface area is 138 Å². The van der Waals surface area contributed by atoms with Crippen LogP contribution in [0.15, 0.2) is 10.6 Å². The van der Waals surface area contributed by atoms with Crippen LogP contribution in [0, 0.1) is 0 Å². The zero-order chi connectivity index (χ0) is 16.2. The van der Waals surface area contributed by atoms with Gasteiger partial charge in [0.05, 0.1) is 0 Å². The topological polar surface area (TPSA) is 58.4 Å². The number of carbonyl (C=O) groups is 1. The van der Waals surface area contributed by atoms with Crippen molar-refractivity contribution in [3.63, 3.8) is 0 Å². The van der Waals surface area contributed by atoms with Crippen molar-refractivity contribution in [2.24, 2.45) is 0 Å². The molecule has 2 aliphatic rings. The first kappa shape index (κ1) is 16.5. The molecule has 1 aliphatic carbocycles. The molecular formula is C18H29N3O2. The van der Waals surface area contributed by atoms with E-state index in [0.717, 1.165) is 18.3 Å². The first-order valence-corrected chi connectivity index (χ1v) is 9.15. The van der Waals surface area contributed by atoms with Gasteiger partial charge in [-0.3, -0.25) is 9.69 Å². The van der Waals surface area contributed by atoms with Gasteiger partial charge >= 0.3 is 0 Å². The molecular weight excluding hydrogens is 290 g/mol. The fourth-order valence-corrected chi connectivity index (χ4v) is 3.94. The summed E-state index contributed by atoms with van der Waals surface area (Å²) in [5.74, 6) is 0.900. The number of hydrogen-bond acceptors (Lipinski definition) is 4. The Kier molecular flexibility index (Phi) is 5.36. The first-order chi connectivity index (χ1) is 11.1. The molecule has 1 aromatic rings. The maximum absolute atomic E-state index is 12.3. The molecule has 1 N–H and O–H groups in total. The summed E-state index contributed by atoms with van der Waals surface area (Å²) >= 11 is 0. The van der Waals surface area contributed by atoms with Crippen molar-refractivity contribution >= 4 is 5.91 Å². The molecule has 0 radical (unpaired) electrons. The minimum Gasteiger partial charge on any atom is -0.360 e. The van der Waals surface area contributed by atoms with Gasteiger partial charge in [0.1, 0.15) is 5.76 Å². The van der Waals surface area contributed by atoms with E-state index >= 15 is 0 Å². The second-order valence-corrected chi connectivity index (χ2v) is 7.30. The summed E-state index contributed by atoms with van der Waals surface area (Å²) < 4.78 is 5.21. The quantitative estimate of drug-likeness (QED) is 0.904. The molecule has 1 aliphatic heterocycles. The second kappa shape index (κ2) is 7.47. The van der Waals surface area contributed by atoms with Gasteiger partial charge in [0.2, 0.25) is 0 Å². The molecule has 1 saturated carbocycles. The van der Waals surface area contributed by atoms with E-state index in [1.165, 1.54) is 51.5 Å². The van der Waals surface area contributed by atoms with Crippen LogP contribution < -0.4 is 5.32 Å². The van der Waals surface area contributed by atoms with Crippen molar-refractivity contribution in [1.82, 2.24) is 15.4 Å². The Balaban J connectivity index is 1.52. The number of likely N-dealkylation sites (tertiary alicyclic amines) is 1. The van der Waals surface area contributed by atoms with Crippen LogP contribution in [0.1, 0.15) is 81.0 Å². The van der Waals surface area contributed by atoms with Crippen molar-refractivity contribution in [3.8, 4) is 0 Å². The van der Waals surface area contributed by atoms with Gasteiger partial charge in [-0.1, -0.05) is 38.3 Å². The molecule has 0 spiro atoms. The number of nitrogens with zero attached hydrogens (tertiary/aromatic N) is 2. The summed E-state index contributed by atoms with van der Waals surface area (Å²) in [5.41, 5.74) is 0.399. The van der Waals surface area contributed by atoms with Crippen LogP contribution >= 0.6 is 0 Å². The Morgan fingerprint density at radius 2 is 2.09 bits per heavy atom. The largest absolute Gasteiger partial charge is 0.360 e. The highest BCUT2D eigenvalue weighted by molar-refractivity contribution is 5.92. The lowest BCUT2D eigenvalue weighted by Gasteiger charge is -2.35. The fraction of sp³-hybridized carbons (Fsp3) is 0.778. The van der Waals surface area contributed by atoms with E-state index in [2.05, 4.69) is 15.4 Å². The van der Waals surface area contributed by atoms with E-state index in [1.54, 1.807) is 6.07 Å². The van der Waals surface area contributed by atoms with E-state index < -0.39 is 0 Å². The lowest BCUT2D eigenvalue weighted by Crippen LogP contribution is -2.45. The Hall–Kier alpha value is -1.36. The zero-order valence-corrected chi connectivity index (χ0v) is 14.4. The van der Waals surface area contributed by atoms with Gasteiger partial charge < -0.3 is 9.84 Å². The van der Waals surface area contributed by atoms with Crippen molar-refractivity contribution in [2.75, 3.05) is 13.1 Å². The maximum atomic E-state index is 12.3. The summed E-state index contributed by atoms with van der Waals surface area (Å²) in [6.45, 7) is 5.97. The Morgan fingerprint density at radius 3 is 2.78 bits per heavy atom. The monoisotopic (exact) mass is 319 g/mol. The highest BCUT2D eigenvalue weighted by atomic mass is 16.5. The minimum atomic E-state index is -0.115. The van der Waals surface area contributed by atoms with E-state index in [-0.39, 0.29) is 11.8 Å². The Bertz CT molecular complexity index is 520. The van der Waals surface area contributed by atoms with Crippen LogP contribution in [0.4, 0.5) is 0 Å². The number of rotatable bonds is 5. The van der Waals surface area contributed by atoms with Crippen molar-refractivity contribution in [2.45, 2.75) is 76.8 Å². The molecule has 0 aromatic carbocycles. The number of aromatic nitrogens is 1. The van der Waals surface area contributed by atoms with E-state index in [0.29, 0.717) is 11.7 Å². The third kappa shape index (κ3) is 3.94. The SMILES string of the molecule is CC(C)c1cc(C(=O)NC[C@H]2CCCN2C2CCCCC2)no1. The van der Waals surface area contributed by atoms with Gasteiger partial charge in [0.15, 0.2) is 5.69 Å². The number of amides is 1. The van der Waals surface area contributed by atoms with Crippen molar-refractivity contribution in [1.29, 1.82) is 0 Å². The second-order valence-electron chi connectivity index (χ2n) is 7.30. The van der Waals surface area contributed by atoms with Gasteiger partial charge in [-0.2, -0.15) is 0 Å². The summed E-state index contributed by atoms with van der Waals surface area (Å²) in [6.07, 6.45) is 9.19. The minimum absolute atomic E-state index is 0.115. The average Bonchev–Trinajstić information content (AvgIpc) is 3.22. The van der Waals surface area contributed by atoms with Gasteiger partial charge in [0.25, 0.3) is 5.91 Å². The van der Waals surface area contributed by atoms with Gasteiger partial charge in [-0.25, -0.2) is 0 Å². The van der Waals surface area contributed by atoms with Crippen LogP contribution in [0.25, 0.3) is 0 Å². The van der Waals surface area contributed by atoms with Crippen LogP contribution in [0.2, 0.25) is 0 Å². The van der Waals surface area contributed by atoms with Crippen LogP contribution in [0.5, 0.6) is 0 Å². The molecule has 1 amide bonds. The maximum Gasteiger partial charge on any atom is 0.273 e. The van der Waals surface area contributed by atoms with Crippen LogP contribution in [-0.4, -0.2) is 41.1 Å². The third-order valence-electron chi connectivity index (χ3n) is 5.29. The smallest absolute Gasteiger partial charge is 0.273 e. The number of nitrogens with one attached hydrogen (secondary N) is 1. The average molecular weight is 319 g/mol. The summed E-state index contributed by atoms with van der Waals surface area (Å²) in [7, 11) is 0. The normalized spacial score (nSPS) is 23.5. The summed E-state index contributed by atoms with van der Waals surface area (Å²) in [6, 6.07) is 2.97. The van der Waals surface area contributed by atoms with E-state index in [4.69, 9.17) is 4.52 Å². The molecule has 2 fully saturated rings. The predicted molar refractivity (Wildman–Crippen MR) is 89.5 cm³/mol. The predicted octanol–water partition coefficient (Wildman–Crippen LogP) is 3.32. The third-order valence-corrected chi connectivity index (χ3v) is 5.29. The van der Waals surface area contributed by atoms with Gasteiger partial charge in [-0.05, 0) is 32.2 Å². The molecule has 1 atom stereocenters. The standard InChI is InChI=1S/C18H29N3O2/c1-13(2)17-11-16(20-23-17)18(22)19-12-15-9-6-10-21(15)14-7-4-3-5-8-14/h11,13-15H,3-10,12H2,1-2H3,(H,19,22)/t15-/m1/s1. The molecule has 3 rings (SSSR count). The van der Waals surface area contributed by atoms with E-state index in [1.807, 2.05) is 13.8 Å². The molecule has 1 saturated heterocycles.